The first-order valence-corrected chi connectivity index (χ1v) is 8.08. The van der Waals surface area contributed by atoms with Crippen molar-refractivity contribution in [3.8, 4) is 0 Å². The third kappa shape index (κ3) is 3.83. The maximum Gasteiger partial charge on any atom is 0.243 e. The Balaban J connectivity index is 1.93. The highest BCUT2D eigenvalue weighted by Crippen LogP contribution is 2.08. The van der Waals surface area contributed by atoms with Crippen LogP contribution in [0.25, 0.3) is 0 Å². The molecular weight excluding hydrogens is 286 g/mol. The molecule has 7 nitrogen and oxygen atoms in total. The Morgan fingerprint density at radius 1 is 1.47 bits per heavy atom. The molecular formula is C10H15N5O2S2. The van der Waals surface area contributed by atoms with E-state index in [9.17, 15) is 8.42 Å². The van der Waals surface area contributed by atoms with Crippen molar-refractivity contribution >= 4 is 21.4 Å². The minimum atomic E-state index is -3.51. The quantitative estimate of drug-likeness (QED) is 0.738. The largest absolute Gasteiger partial charge is 0.329 e. The van der Waals surface area contributed by atoms with Crippen LogP contribution in [-0.2, 0) is 23.0 Å². The maximum absolute atomic E-state index is 12.0. The van der Waals surface area contributed by atoms with Gasteiger partial charge in [0.1, 0.15) is 4.90 Å². The van der Waals surface area contributed by atoms with E-state index in [0.717, 1.165) is 5.01 Å². The van der Waals surface area contributed by atoms with Gasteiger partial charge in [-0.3, -0.25) is 4.68 Å². The molecule has 0 aliphatic heterocycles. The van der Waals surface area contributed by atoms with Crippen molar-refractivity contribution in [3.05, 3.63) is 29.0 Å². The van der Waals surface area contributed by atoms with Gasteiger partial charge in [0.15, 0.2) is 0 Å². The second-order valence-electron chi connectivity index (χ2n) is 3.80. The van der Waals surface area contributed by atoms with E-state index in [1.807, 2.05) is 5.38 Å². The van der Waals surface area contributed by atoms with Crippen LogP contribution in [0.3, 0.4) is 0 Å². The number of nitrogens with zero attached hydrogens (tertiary/aromatic N) is 3. The molecule has 2 heterocycles. The molecule has 0 fully saturated rings. The van der Waals surface area contributed by atoms with Crippen molar-refractivity contribution in [2.24, 2.45) is 5.73 Å². The SMILES string of the molecule is NCCn1cc(S(=O)(=O)NCCc2nccs2)cn1. The smallest absolute Gasteiger partial charge is 0.243 e. The first-order valence-electron chi connectivity index (χ1n) is 5.72. The summed E-state index contributed by atoms with van der Waals surface area (Å²) in [5.41, 5.74) is 5.38. The van der Waals surface area contributed by atoms with E-state index in [1.54, 1.807) is 6.20 Å². The fourth-order valence-electron chi connectivity index (χ4n) is 1.49. The molecule has 0 atom stereocenters. The fraction of sp³-hybridized carbons (Fsp3) is 0.400. The zero-order valence-corrected chi connectivity index (χ0v) is 11.8. The summed E-state index contributed by atoms with van der Waals surface area (Å²) in [4.78, 5) is 4.24. The summed E-state index contributed by atoms with van der Waals surface area (Å²) >= 11 is 1.50. The van der Waals surface area contributed by atoms with E-state index < -0.39 is 10.0 Å². The normalized spacial score (nSPS) is 11.8. The summed E-state index contributed by atoms with van der Waals surface area (Å²) in [5.74, 6) is 0. The van der Waals surface area contributed by atoms with Crippen molar-refractivity contribution in [1.29, 1.82) is 0 Å². The van der Waals surface area contributed by atoms with Crippen LogP contribution >= 0.6 is 11.3 Å². The first kappa shape index (κ1) is 14.1. The average Bonchev–Trinajstić information content (AvgIpc) is 3.00. The Morgan fingerprint density at radius 3 is 3.00 bits per heavy atom. The molecule has 0 aromatic carbocycles. The van der Waals surface area contributed by atoms with Crippen molar-refractivity contribution in [2.45, 2.75) is 17.9 Å². The van der Waals surface area contributed by atoms with E-state index in [-0.39, 0.29) is 4.90 Å². The second kappa shape index (κ2) is 6.24. The van der Waals surface area contributed by atoms with Crippen LogP contribution in [0.4, 0.5) is 0 Å². The lowest BCUT2D eigenvalue weighted by atomic mass is 10.5. The van der Waals surface area contributed by atoms with Gasteiger partial charge in [-0.05, 0) is 0 Å². The van der Waals surface area contributed by atoms with Crippen LogP contribution in [0.2, 0.25) is 0 Å². The molecule has 0 amide bonds. The Bertz CT molecular complexity index is 606. The van der Waals surface area contributed by atoms with Gasteiger partial charge in [0.2, 0.25) is 10.0 Å². The topological polar surface area (TPSA) is 103 Å². The predicted octanol–water partition coefficient (Wildman–Crippen LogP) is -0.181. The van der Waals surface area contributed by atoms with Crippen molar-refractivity contribution in [3.63, 3.8) is 0 Å². The second-order valence-corrected chi connectivity index (χ2v) is 6.55. The molecule has 0 aliphatic carbocycles. The molecule has 0 saturated carbocycles. The zero-order chi connectivity index (χ0) is 13.7. The van der Waals surface area contributed by atoms with Crippen LogP contribution in [0.1, 0.15) is 5.01 Å². The molecule has 0 spiro atoms. The molecule has 2 rings (SSSR count). The van der Waals surface area contributed by atoms with Gasteiger partial charge in [-0.1, -0.05) is 0 Å². The van der Waals surface area contributed by atoms with Gasteiger partial charge >= 0.3 is 0 Å². The highest BCUT2D eigenvalue weighted by molar-refractivity contribution is 7.89. The average molecular weight is 301 g/mol. The predicted molar refractivity (Wildman–Crippen MR) is 72.3 cm³/mol. The third-order valence-electron chi connectivity index (χ3n) is 2.39. The van der Waals surface area contributed by atoms with E-state index in [0.29, 0.717) is 26.1 Å². The molecule has 104 valence electrons. The van der Waals surface area contributed by atoms with Crippen molar-refractivity contribution < 1.29 is 8.42 Å². The molecule has 0 bridgehead atoms. The number of sulfonamides is 1. The van der Waals surface area contributed by atoms with Gasteiger partial charge in [0.05, 0.1) is 17.7 Å². The van der Waals surface area contributed by atoms with Gasteiger partial charge < -0.3 is 5.73 Å². The number of nitrogens with two attached hydrogens (primary N) is 1. The molecule has 0 aliphatic rings. The van der Waals surface area contributed by atoms with Gasteiger partial charge in [0, 0.05) is 37.3 Å². The van der Waals surface area contributed by atoms with Gasteiger partial charge in [0.25, 0.3) is 0 Å². The van der Waals surface area contributed by atoms with Crippen LogP contribution in [-0.4, -0.2) is 36.3 Å². The highest BCUT2D eigenvalue weighted by atomic mass is 32.2. The van der Waals surface area contributed by atoms with Crippen LogP contribution in [0.5, 0.6) is 0 Å². The van der Waals surface area contributed by atoms with Crippen molar-refractivity contribution in [1.82, 2.24) is 19.5 Å². The van der Waals surface area contributed by atoms with Crippen molar-refractivity contribution in [2.75, 3.05) is 13.1 Å². The van der Waals surface area contributed by atoms with E-state index in [4.69, 9.17) is 5.73 Å². The number of thiazole rings is 1. The summed E-state index contributed by atoms with van der Waals surface area (Å²) in [7, 11) is -3.51. The standard InChI is InChI=1S/C10H15N5O2S2/c11-2-5-15-8-9(7-13-15)19(16,17)14-3-1-10-12-4-6-18-10/h4,6-8,14H,1-3,5,11H2. The molecule has 9 heteroatoms. The molecule has 0 radical (unpaired) electrons. The van der Waals surface area contributed by atoms with Crippen LogP contribution in [0.15, 0.2) is 28.9 Å². The summed E-state index contributed by atoms with van der Waals surface area (Å²) in [6, 6.07) is 0. The van der Waals surface area contributed by atoms with E-state index in [2.05, 4.69) is 14.8 Å². The van der Waals surface area contributed by atoms with Crippen LogP contribution in [0, 0.1) is 0 Å². The number of aromatic nitrogens is 3. The number of hydrogen-bond acceptors (Lipinski definition) is 6. The van der Waals surface area contributed by atoms with Gasteiger partial charge in [-0.25, -0.2) is 18.1 Å². The fourth-order valence-corrected chi connectivity index (χ4v) is 3.09. The van der Waals surface area contributed by atoms with E-state index in [1.165, 1.54) is 28.4 Å². The van der Waals surface area contributed by atoms with Crippen LogP contribution < -0.4 is 10.5 Å². The Kier molecular flexibility index (Phi) is 4.64. The summed E-state index contributed by atoms with van der Waals surface area (Å²) in [6.07, 6.45) is 5.07. The van der Waals surface area contributed by atoms with Gasteiger partial charge in [-0.15, -0.1) is 11.3 Å². The Hall–Kier alpha value is -1.29. The number of hydrogen-bond donors (Lipinski definition) is 2. The molecule has 19 heavy (non-hydrogen) atoms. The molecule has 0 unspecified atom stereocenters. The maximum atomic E-state index is 12.0. The lowest BCUT2D eigenvalue weighted by molar-refractivity contribution is 0.580. The first-order chi connectivity index (χ1) is 9.12. The summed E-state index contributed by atoms with van der Waals surface area (Å²) in [5, 5.41) is 6.70. The minimum Gasteiger partial charge on any atom is -0.329 e. The highest BCUT2D eigenvalue weighted by Gasteiger charge is 2.15. The Morgan fingerprint density at radius 2 is 2.32 bits per heavy atom. The molecule has 3 N–H and O–H groups in total. The Labute approximate surface area is 115 Å². The monoisotopic (exact) mass is 301 g/mol. The summed E-state index contributed by atoms with van der Waals surface area (Å²) in [6.45, 7) is 1.23. The van der Waals surface area contributed by atoms with Gasteiger partial charge in [-0.2, -0.15) is 5.10 Å². The number of rotatable bonds is 7. The lowest BCUT2D eigenvalue weighted by Crippen LogP contribution is -2.25. The summed E-state index contributed by atoms with van der Waals surface area (Å²) < 4.78 is 28.0. The zero-order valence-electron chi connectivity index (χ0n) is 10.2. The molecule has 2 aromatic heterocycles. The minimum absolute atomic E-state index is 0.153. The van der Waals surface area contributed by atoms with E-state index >= 15 is 0 Å². The molecule has 2 aromatic rings. The lowest BCUT2D eigenvalue weighted by Gasteiger charge is -2.03. The molecule has 0 saturated heterocycles. The number of nitrogens with one attached hydrogen (secondary N) is 1. The third-order valence-corrected chi connectivity index (χ3v) is 4.65.